The standard InChI is InChI=1S/C15H25N5O3S/c1-15(2,3)23-14(22)19-7-4-5-11(21)17-9-10-24-12-6-8-18-13(16)20-12/h6,8H,4-5,7,9-10H2,1-3H3,(H,17,21)(H,19,22)(H2,16,18,20). The second-order valence-electron chi connectivity index (χ2n) is 5.98. The Hall–Kier alpha value is -2.03. The molecule has 0 saturated carbocycles. The van der Waals surface area contributed by atoms with E-state index in [1.165, 1.54) is 11.8 Å². The van der Waals surface area contributed by atoms with Gasteiger partial charge in [0.15, 0.2) is 0 Å². The molecule has 9 heteroatoms. The summed E-state index contributed by atoms with van der Waals surface area (Å²) in [6.07, 6.45) is 2.03. The van der Waals surface area contributed by atoms with Crippen molar-refractivity contribution in [2.45, 2.75) is 44.2 Å². The molecule has 1 aromatic rings. The molecule has 0 saturated heterocycles. The molecule has 1 heterocycles. The minimum atomic E-state index is -0.520. The Kier molecular flexibility index (Phi) is 8.31. The number of amides is 2. The summed E-state index contributed by atoms with van der Waals surface area (Å²) in [5.41, 5.74) is 4.97. The molecule has 1 rings (SSSR count). The van der Waals surface area contributed by atoms with Crippen LogP contribution in [0.5, 0.6) is 0 Å². The fourth-order valence-electron chi connectivity index (χ4n) is 1.62. The van der Waals surface area contributed by atoms with E-state index in [0.717, 1.165) is 5.03 Å². The molecule has 0 radical (unpaired) electrons. The van der Waals surface area contributed by atoms with Crippen LogP contribution in [0.1, 0.15) is 33.6 Å². The van der Waals surface area contributed by atoms with Crippen LogP contribution >= 0.6 is 11.8 Å². The second-order valence-corrected chi connectivity index (χ2v) is 7.10. The summed E-state index contributed by atoms with van der Waals surface area (Å²) < 4.78 is 5.10. The molecule has 0 spiro atoms. The molecule has 0 fully saturated rings. The number of thioether (sulfide) groups is 1. The van der Waals surface area contributed by atoms with Crippen molar-refractivity contribution < 1.29 is 14.3 Å². The molecule has 0 aliphatic rings. The summed E-state index contributed by atoms with van der Waals surface area (Å²) in [6.45, 7) is 6.33. The lowest BCUT2D eigenvalue weighted by molar-refractivity contribution is -0.121. The minimum Gasteiger partial charge on any atom is -0.444 e. The van der Waals surface area contributed by atoms with E-state index in [1.807, 2.05) is 0 Å². The SMILES string of the molecule is CC(C)(C)OC(=O)NCCCC(=O)NCCSc1ccnc(N)n1. The van der Waals surface area contributed by atoms with E-state index in [-0.39, 0.29) is 11.9 Å². The van der Waals surface area contributed by atoms with Crippen LogP contribution in [0.4, 0.5) is 10.7 Å². The van der Waals surface area contributed by atoms with Crippen molar-refractivity contribution in [2.24, 2.45) is 0 Å². The molecule has 0 aromatic carbocycles. The minimum absolute atomic E-state index is 0.0520. The van der Waals surface area contributed by atoms with Crippen molar-refractivity contribution in [3.8, 4) is 0 Å². The summed E-state index contributed by atoms with van der Waals surface area (Å²) in [4.78, 5) is 31.0. The summed E-state index contributed by atoms with van der Waals surface area (Å²) in [5.74, 6) is 0.878. The van der Waals surface area contributed by atoms with E-state index >= 15 is 0 Å². The number of rotatable bonds is 8. The summed E-state index contributed by atoms with van der Waals surface area (Å²) >= 11 is 1.49. The van der Waals surface area contributed by atoms with E-state index < -0.39 is 11.7 Å². The monoisotopic (exact) mass is 355 g/mol. The van der Waals surface area contributed by atoms with Crippen LogP contribution in [0.3, 0.4) is 0 Å². The molecule has 134 valence electrons. The molecule has 1 aromatic heterocycles. The lowest BCUT2D eigenvalue weighted by Crippen LogP contribution is -2.33. The van der Waals surface area contributed by atoms with Crippen LogP contribution in [0.25, 0.3) is 0 Å². The first-order valence-corrected chi connectivity index (χ1v) is 8.70. The number of nitrogens with one attached hydrogen (secondary N) is 2. The number of hydrogen-bond acceptors (Lipinski definition) is 7. The quantitative estimate of drug-likeness (QED) is 0.368. The van der Waals surface area contributed by atoms with Gasteiger partial charge in [-0.05, 0) is 33.3 Å². The Morgan fingerprint density at radius 1 is 1.29 bits per heavy atom. The normalized spacial score (nSPS) is 11.0. The molecule has 4 N–H and O–H groups in total. The first kappa shape index (κ1) is 20.0. The Labute approximate surface area is 146 Å². The third kappa shape index (κ3) is 9.88. The summed E-state index contributed by atoms with van der Waals surface area (Å²) in [6, 6.07) is 1.77. The van der Waals surface area contributed by atoms with Crippen LogP contribution < -0.4 is 16.4 Å². The highest BCUT2D eigenvalue weighted by atomic mass is 32.2. The van der Waals surface area contributed by atoms with E-state index in [4.69, 9.17) is 10.5 Å². The van der Waals surface area contributed by atoms with Crippen molar-refractivity contribution in [3.05, 3.63) is 12.3 Å². The van der Waals surface area contributed by atoms with Crippen molar-refractivity contribution in [1.29, 1.82) is 0 Å². The van der Waals surface area contributed by atoms with Crippen LogP contribution in [-0.2, 0) is 9.53 Å². The molecule has 0 bridgehead atoms. The third-order valence-corrected chi connectivity index (χ3v) is 3.50. The molecule has 0 aliphatic carbocycles. The van der Waals surface area contributed by atoms with E-state index in [2.05, 4.69) is 20.6 Å². The predicted molar refractivity (Wildman–Crippen MR) is 93.6 cm³/mol. The van der Waals surface area contributed by atoms with Crippen molar-refractivity contribution in [1.82, 2.24) is 20.6 Å². The van der Waals surface area contributed by atoms with Gasteiger partial charge in [0, 0.05) is 31.5 Å². The van der Waals surface area contributed by atoms with Gasteiger partial charge in [-0.15, -0.1) is 11.8 Å². The largest absolute Gasteiger partial charge is 0.444 e. The zero-order valence-electron chi connectivity index (χ0n) is 14.3. The Morgan fingerprint density at radius 3 is 2.71 bits per heavy atom. The third-order valence-electron chi connectivity index (χ3n) is 2.57. The van der Waals surface area contributed by atoms with E-state index in [1.54, 1.807) is 33.0 Å². The average Bonchev–Trinajstić information content (AvgIpc) is 2.46. The number of nitrogen functional groups attached to an aromatic ring is 1. The number of aromatic nitrogens is 2. The lowest BCUT2D eigenvalue weighted by Gasteiger charge is -2.19. The smallest absolute Gasteiger partial charge is 0.407 e. The van der Waals surface area contributed by atoms with Gasteiger partial charge in [-0.2, -0.15) is 0 Å². The molecule has 2 amide bonds. The molecule has 8 nitrogen and oxygen atoms in total. The van der Waals surface area contributed by atoms with Crippen LogP contribution in [-0.4, -0.2) is 46.4 Å². The van der Waals surface area contributed by atoms with Gasteiger partial charge in [0.2, 0.25) is 11.9 Å². The predicted octanol–water partition coefficient (Wildman–Crippen LogP) is 1.57. The summed E-state index contributed by atoms with van der Waals surface area (Å²) in [7, 11) is 0. The zero-order chi connectivity index (χ0) is 18.0. The number of ether oxygens (including phenoxy) is 1. The highest BCUT2D eigenvalue weighted by molar-refractivity contribution is 7.99. The maximum atomic E-state index is 11.7. The first-order chi connectivity index (χ1) is 11.3. The Balaban J connectivity index is 2.05. The van der Waals surface area contributed by atoms with Crippen LogP contribution in [0.15, 0.2) is 17.3 Å². The van der Waals surface area contributed by atoms with Gasteiger partial charge in [0.05, 0.1) is 0 Å². The van der Waals surface area contributed by atoms with Gasteiger partial charge in [-0.1, -0.05) is 0 Å². The second kappa shape index (κ2) is 9.96. The summed E-state index contributed by atoms with van der Waals surface area (Å²) in [5, 5.41) is 6.21. The molecular weight excluding hydrogens is 330 g/mol. The van der Waals surface area contributed by atoms with E-state index in [0.29, 0.717) is 31.7 Å². The van der Waals surface area contributed by atoms with Gasteiger partial charge in [-0.3, -0.25) is 4.79 Å². The molecule has 0 aliphatic heterocycles. The topological polar surface area (TPSA) is 119 Å². The maximum Gasteiger partial charge on any atom is 0.407 e. The van der Waals surface area contributed by atoms with Gasteiger partial charge in [-0.25, -0.2) is 14.8 Å². The number of carbonyl (C=O) groups is 2. The maximum absolute atomic E-state index is 11.7. The zero-order valence-corrected chi connectivity index (χ0v) is 15.1. The van der Waals surface area contributed by atoms with Crippen molar-refractivity contribution in [3.63, 3.8) is 0 Å². The fraction of sp³-hybridized carbons (Fsp3) is 0.600. The van der Waals surface area contributed by atoms with Gasteiger partial charge < -0.3 is 21.1 Å². The Bertz CT molecular complexity index is 548. The number of anilines is 1. The molecular formula is C15H25N5O3S. The van der Waals surface area contributed by atoms with Gasteiger partial charge in [0.25, 0.3) is 0 Å². The molecule has 0 atom stereocenters. The molecule has 24 heavy (non-hydrogen) atoms. The Morgan fingerprint density at radius 2 is 2.04 bits per heavy atom. The van der Waals surface area contributed by atoms with Gasteiger partial charge in [0.1, 0.15) is 10.6 Å². The highest BCUT2D eigenvalue weighted by Crippen LogP contribution is 2.13. The van der Waals surface area contributed by atoms with Gasteiger partial charge >= 0.3 is 6.09 Å². The number of alkyl carbamates (subject to hydrolysis) is 1. The molecule has 0 unspecified atom stereocenters. The van der Waals surface area contributed by atoms with Crippen molar-refractivity contribution in [2.75, 3.05) is 24.6 Å². The van der Waals surface area contributed by atoms with Crippen LogP contribution in [0.2, 0.25) is 0 Å². The van der Waals surface area contributed by atoms with E-state index in [9.17, 15) is 9.59 Å². The lowest BCUT2D eigenvalue weighted by atomic mass is 10.2. The van der Waals surface area contributed by atoms with Crippen molar-refractivity contribution >= 4 is 29.7 Å². The number of nitrogens with zero attached hydrogens (tertiary/aromatic N) is 2. The highest BCUT2D eigenvalue weighted by Gasteiger charge is 2.15. The number of hydrogen-bond donors (Lipinski definition) is 3. The fourth-order valence-corrected chi connectivity index (χ4v) is 2.35. The average molecular weight is 355 g/mol. The number of nitrogens with two attached hydrogens (primary N) is 1. The first-order valence-electron chi connectivity index (χ1n) is 7.71. The van der Waals surface area contributed by atoms with Crippen LogP contribution in [0, 0.1) is 0 Å². The number of carbonyl (C=O) groups excluding carboxylic acids is 2.